The molecule has 0 amide bonds. The maximum absolute atomic E-state index is 14.2. The predicted octanol–water partition coefficient (Wildman–Crippen LogP) is 5.28. The molecule has 2 aromatic carbocycles. The van der Waals surface area contributed by atoms with Gasteiger partial charge in [-0.3, -0.25) is 9.80 Å². The summed E-state index contributed by atoms with van der Waals surface area (Å²) in [7, 11) is 0. The van der Waals surface area contributed by atoms with Gasteiger partial charge in [0.25, 0.3) is 0 Å². The fourth-order valence-corrected chi connectivity index (χ4v) is 5.03. The van der Waals surface area contributed by atoms with Crippen molar-refractivity contribution in [2.45, 2.75) is 38.5 Å². The molecular formula is C24H27FN2OS. The zero-order chi connectivity index (χ0) is 20.4. The molecule has 1 fully saturated rings. The first-order valence-corrected chi connectivity index (χ1v) is 11.0. The minimum Gasteiger partial charge on any atom is -0.508 e. The van der Waals surface area contributed by atoms with Gasteiger partial charge in [0.2, 0.25) is 0 Å². The number of phenolic OH excluding ortho intramolecular Hbond substituents is 1. The van der Waals surface area contributed by atoms with Crippen LogP contribution in [-0.2, 0) is 6.54 Å². The topological polar surface area (TPSA) is 26.7 Å². The Morgan fingerprint density at radius 3 is 2.59 bits per heavy atom. The molecule has 0 saturated carbocycles. The van der Waals surface area contributed by atoms with Gasteiger partial charge in [0, 0.05) is 37.3 Å². The molecule has 29 heavy (non-hydrogen) atoms. The molecule has 0 radical (unpaired) electrons. The van der Waals surface area contributed by atoms with Crippen LogP contribution in [0.2, 0.25) is 0 Å². The predicted molar refractivity (Wildman–Crippen MR) is 117 cm³/mol. The van der Waals surface area contributed by atoms with Crippen LogP contribution in [0.3, 0.4) is 0 Å². The third-order valence-electron chi connectivity index (χ3n) is 5.87. The van der Waals surface area contributed by atoms with E-state index in [1.165, 1.54) is 11.6 Å². The average Bonchev–Trinajstić information content (AvgIpc) is 3.22. The zero-order valence-corrected chi connectivity index (χ0v) is 17.6. The smallest absolute Gasteiger partial charge is 0.127 e. The van der Waals surface area contributed by atoms with Crippen LogP contribution in [0.4, 0.5) is 4.39 Å². The SMILES string of the molecule is C[C@@H]1CN([C@H](c2ccsc2)c2cccc(O)c2)[C@@H](C)CN1Cc1ccccc1F. The number of phenols is 1. The van der Waals surface area contributed by atoms with Crippen LogP contribution >= 0.6 is 11.3 Å². The summed E-state index contributed by atoms with van der Waals surface area (Å²) >= 11 is 1.70. The van der Waals surface area contributed by atoms with E-state index in [9.17, 15) is 9.50 Å². The first-order valence-electron chi connectivity index (χ1n) is 10.1. The number of piperazine rings is 1. The normalized spacial score (nSPS) is 21.9. The number of halogens is 1. The van der Waals surface area contributed by atoms with Crippen molar-refractivity contribution in [2.75, 3.05) is 13.1 Å². The summed E-state index contributed by atoms with van der Waals surface area (Å²) in [5.41, 5.74) is 3.11. The summed E-state index contributed by atoms with van der Waals surface area (Å²) in [6, 6.07) is 17.5. The van der Waals surface area contributed by atoms with Gasteiger partial charge in [0.1, 0.15) is 11.6 Å². The number of hydrogen-bond acceptors (Lipinski definition) is 4. The van der Waals surface area contributed by atoms with Crippen molar-refractivity contribution >= 4 is 11.3 Å². The Morgan fingerprint density at radius 2 is 1.86 bits per heavy atom. The summed E-state index contributed by atoms with van der Waals surface area (Å²) in [5, 5.41) is 14.3. The maximum atomic E-state index is 14.2. The van der Waals surface area contributed by atoms with E-state index in [-0.39, 0.29) is 11.9 Å². The Bertz CT molecular complexity index is 946. The van der Waals surface area contributed by atoms with Gasteiger partial charge in [-0.2, -0.15) is 11.3 Å². The van der Waals surface area contributed by atoms with Crippen molar-refractivity contribution in [3.63, 3.8) is 0 Å². The minimum atomic E-state index is -0.134. The Morgan fingerprint density at radius 1 is 1.03 bits per heavy atom. The summed E-state index contributed by atoms with van der Waals surface area (Å²) in [4.78, 5) is 4.88. The molecule has 3 aromatic rings. The van der Waals surface area contributed by atoms with E-state index in [0.717, 1.165) is 24.2 Å². The van der Waals surface area contributed by atoms with E-state index in [0.29, 0.717) is 24.4 Å². The Hall–Kier alpha value is -2.21. The molecule has 1 aliphatic rings. The lowest BCUT2D eigenvalue weighted by Crippen LogP contribution is -2.56. The number of thiophene rings is 1. The van der Waals surface area contributed by atoms with E-state index in [1.54, 1.807) is 23.5 Å². The van der Waals surface area contributed by atoms with Crippen molar-refractivity contribution < 1.29 is 9.50 Å². The summed E-state index contributed by atoms with van der Waals surface area (Å²) < 4.78 is 14.2. The standard InChI is InChI=1S/C24H27FN2OS/c1-17-14-27(18(2)13-26(17)15-20-6-3-4-9-23(20)25)24(21-10-11-29-16-21)19-7-5-8-22(28)12-19/h3-12,16-18,24,28H,13-15H2,1-2H3/t17-,18+,24+/m1/s1. The lowest BCUT2D eigenvalue weighted by molar-refractivity contribution is 0.0191. The molecule has 2 heterocycles. The van der Waals surface area contributed by atoms with Crippen LogP contribution < -0.4 is 0 Å². The second kappa shape index (κ2) is 8.66. The molecule has 5 heteroatoms. The molecule has 1 aromatic heterocycles. The highest BCUT2D eigenvalue weighted by atomic mass is 32.1. The zero-order valence-electron chi connectivity index (χ0n) is 16.8. The maximum Gasteiger partial charge on any atom is 0.127 e. The number of aromatic hydroxyl groups is 1. The highest BCUT2D eigenvalue weighted by Gasteiger charge is 2.35. The van der Waals surface area contributed by atoms with Crippen molar-refractivity contribution in [3.8, 4) is 5.75 Å². The Balaban J connectivity index is 1.58. The number of hydrogen-bond donors (Lipinski definition) is 1. The summed E-state index contributed by atoms with van der Waals surface area (Å²) in [6.45, 7) is 6.83. The van der Waals surface area contributed by atoms with Crippen LogP contribution in [0, 0.1) is 5.82 Å². The second-order valence-electron chi connectivity index (χ2n) is 7.97. The molecule has 0 bridgehead atoms. The van der Waals surface area contributed by atoms with Crippen LogP contribution in [0.1, 0.15) is 36.6 Å². The quantitative estimate of drug-likeness (QED) is 0.620. The molecular weight excluding hydrogens is 383 g/mol. The van der Waals surface area contributed by atoms with Gasteiger partial charge >= 0.3 is 0 Å². The highest BCUT2D eigenvalue weighted by Crippen LogP contribution is 2.35. The molecule has 3 atom stereocenters. The van der Waals surface area contributed by atoms with Crippen molar-refractivity contribution in [1.29, 1.82) is 0 Å². The molecule has 1 N–H and O–H groups in total. The van der Waals surface area contributed by atoms with Gasteiger partial charge in [-0.15, -0.1) is 0 Å². The molecule has 4 rings (SSSR count). The number of rotatable bonds is 5. The van der Waals surface area contributed by atoms with Crippen LogP contribution in [0.25, 0.3) is 0 Å². The second-order valence-corrected chi connectivity index (χ2v) is 8.75. The van der Waals surface area contributed by atoms with Crippen LogP contribution in [0.5, 0.6) is 5.75 Å². The van der Waals surface area contributed by atoms with Crippen LogP contribution in [-0.4, -0.2) is 40.1 Å². The van der Waals surface area contributed by atoms with Gasteiger partial charge < -0.3 is 5.11 Å². The first-order chi connectivity index (χ1) is 14.0. The molecule has 0 aliphatic carbocycles. The van der Waals surface area contributed by atoms with Gasteiger partial charge in [-0.05, 0) is 60.0 Å². The fourth-order valence-electron chi connectivity index (χ4n) is 4.35. The van der Waals surface area contributed by atoms with E-state index in [2.05, 4.69) is 46.5 Å². The van der Waals surface area contributed by atoms with Gasteiger partial charge in [0.05, 0.1) is 6.04 Å². The number of nitrogens with zero attached hydrogens (tertiary/aromatic N) is 2. The minimum absolute atomic E-state index is 0.0985. The lowest BCUT2D eigenvalue weighted by Gasteiger charge is -2.47. The third-order valence-corrected chi connectivity index (χ3v) is 6.57. The van der Waals surface area contributed by atoms with Crippen molar-refractivity contribution in [3.05, 3.63) is 87.9 Å². The fraction of sp³-hybridized carbons (Fsp3) is 0.333. The van der Waals surface area contributed by atoms with Gasteiger partial charge in [-0.25, -0.2) is 4.39 Å². The van der Waals surface area contributed by atoms with E-state index in [1.807, 2.05) is 24.3 Å². The van der Waals surface area contributed by atoms with Crippen molar-refractivity contribution in [1.82, 2.24) is 9.80 Å². The molecule has 1 aliphatic heterocycles. The summed E-state index contributed by atoms with van der Waals surface area (Å²) in [6.07, 6.45) is 0. The molecule has 3 nitrogen and oxygen atoms in total. The van der Waals surface area contributed by atoms with E-state index < -0.39 is 0 Å². The average molecular weight is 411 g/mol. The summed E-state index contributed by atoms with van der Waals surface area (Å²) in [5.74, 6) is 0.160. The van der Waals surface area contributed by atoms with E-state index >= 15 is 0 Å². The molecule has 152 valence electrons. The van der Waals surface area contributed by atoms with Gasteiger partial charge in [0.15, 0.2) is 0 Å². The molecule has 0 unspecified atom stereocenters. The van der Waals surface area contributed by atoms with Crippen LogP contribution in [0.15, 0.2) is 65.4 Å². The third kappa shape index (κ3) is 4.37. The first kappa shape index (κ1) is 20.1. The molecule has 1 saturated heterocycles. The van der Waals surface area contributed by atoms with Gasteiger partial charge in [-0.1, -0.05) is 30.3 Å². The molecule has 0 spiro atoms. The Labute approximate surface area is 176 Å². The largest absolute Gasteiger partial charge is 0.508 e. The monoisotopic (exact) mass is 410 g/mol. The highest BCUT2D eigenvalue weighted by molar-refractivity contribution is 7.08. The lowest BCUT2D eigenvalue weighted by atomic mass is 9.95. The van der Waals surface area contributed by atoms with E-state index in [4.69, 9.17) is 0 Å². The van der Waals surface area contributed by atoms with Crippen molar-refractivity contribution in [2.24, 2.45) is 0 Å². The Kier molecular flexibility index (Phi) is 5.99. The number of benzene rings is 2.